The number of carbonyl (C=O) groups excluding carboxylic acids is 1. The van der Waals surface area contributed by atoms with Crippen LogP contribution in [0.4, 0.5) is 5.95 Å². The Hall–Kier alpha value is -2.93. The molecule has 0 radical (unpaired) electrons. The maximum atomic E-state index is 13.1. The normalized spacial score (nSPS) is 21.7. The third kappa shape index (κ3) is 4.88. The summed E-state index contributed by atoms with van der Waals surface area (Å²) in [6, 6.07) is 12.3. The molecule has 2 saturated heterocycles. The molecule has 33 heavy (non-hydrogen) atoms. The van der Waals surface area contributed by atoms with Crippen LogP contribution >= 0.6 is 0 Å². The number of benzene rings is 1. The van der Waals surface area contributed by atoms with Gasteiger partial charge >= 0.3 is 0 Å². The Balaban J connectivity index is 1.38. The fourth-order valence-corrected chi connectivity index (χ4v) is 5.12. The van der Waals surface area contributed by atoms with Gasteiger partial charge in [0.1, 0.15) is 11.3 Å². The van der Waals surface area contributed by atoms with Gasteiger partial charge in [0.05, 0.1) is 18.2 Å². The van der Waals surface area contributed by atoms with Crippen LogP contribution in [0.1, 0.15) is 50.5 Å². The summed E-state index contributed by atoms with van der Waals surface area (Å²) in [5, 5.41) is 4.24. The standard InChI is InChI=1S/C26H33N5O2/c1-18(2)28-25(32)22-17-30(15-20-14-19-8-4-5-9-24(19)33-20)16-21(22)23-10-11-27-26(29-23)31-12-6-3-7-13-31/h4-5,8-11,14,18,21-22H,3,6-7,12-13,15-17H2,1-2H3,(H,28,32)/t21-,22-/m1/s1. The molecule has 0 unspecified atom stereocenters. The number of carbonyl (C=O) groups is 1. The van der Waals surface area contributed by atoms with E-state index in [1.165, 1.54) is 19.3 Å². The van der Waals surface area contributed by atoms with Crippen molar-refractivity contribution in [2.75, 3.05) is 31.1 Å². The van der Waals surface area contributed by atoms with Gasteiger partial charge in [0.15, 0.2) is 0 Å². The lowest BCUT2D eigenvalue weighted by Gasteiger charge is -2.27. The van der Waals surface area contributed by atoms with Crippen LogP contribution in [-0.2, 0) is 11.3 Å². The Kier molecular flexibility index (Phi) is 6.31. The minimum atomic E-state index is -0.152. The molecule has 0 saturated carbocycles. The van der Waals surface area contributed by atoms with Crippen molar-refractivity contribution in [2.45, 2.75) is 51.6 Å². The second-order valence-corrected chi connectivity index (χ2v) is 9.65. The van der Waals surface area contributed by atoms with Gasteiger partial charge in [0, 0.05) is 49.7 Å². The molecule has 0 spiro atoms. The molecule has 0 bridgehead atoms. The lowest BCUT2D eigenvalue weighted by Crippen LogP contribution is -2.38. The van der Waals surface area contributed by atoms with E-state index in [1.807, 2.05) is 44.3 Å². The number of aromatic nitrogens is 2. The summed E-state index contributed by atoms with van der Waals surface area (Å²) in [6.45, 7) is 8.15. The van der Waals surface area contributed by atoms with Crippen LogP contribution in [0, 0.1) is 5.92 Å². The molecule has 174 valence electrons. The Labute approximate surface area is 195 Å². The number of nitrogens with zero attached hydrogens (tertiary/aromatic N) is 4. The third-order valence-electron chi connectivity index (χ3n) is 6.70. The Morgan fingerprint density at radius 1 is 1.15 bits per heavy atom. The van der Waals surface area contributed by atoms with Crippen molar-refractivity contribution in [3.05, 3.63) is 54.0 Å². The molecule has 7 nitrogen and oxygen atoms in total. The van der Waals surface area contributed by atoms with Gasteiger partial charge in [-0.05, 0) is 51.3 Å². The zero-order valence-electron chi connectivity index (χ0n) is 19.5. The molecule has 2 aliphatic heterocycles. The maximum Gasteiger partial charge on any atom is 0.225 e. The van der Waals surface area contributed by atoms with E-state index in [-0.39, 0.29) is 23.8 Å². The lowest BCUT2D eigenvalue weighted by molar-refractivity contribution is -0.125. The minimum absolute atomic E-state index is 0.0275. The lowest BCUT2D eigenvalue weighted by atomic mass is 9.91. The van der Waals surface area contributed by atoms with Gasteiger partial charge in [-0.15, -0.1) is 0 Å². The third-order valence-corrected chi connectivity index (χ3v) is 6.70. The van der Waals surface area contributed by atoms with Gasteiger partial charge in [-0.1, -0.05) is 18.2 Å². The predicted octanol–water partition coefficient (Wildman–Crippen LogP) is 3.95. The van der Waals surface area contributed by atoms with Crippen molar-refractivity contribution in [1.82, 2.24) is 20.2 Å². The van der Waals surface area contributed by atoms with Gasteiger partial charge < -0.3 is 14.6 Å². The molecular weight excluding hydrogens is 414 g/mol. The van der Waals surface area contributed by atoms with Crippen molar-refractivity contribution in [1.29, 1.82) is 0 Å². The van der Waals surface area contributed by atoms with Crippen molar-refractivity contribution in [2.24, 2.45) is 5.92 Å². The molecule has 2 fully saturated rings. The first-order valence-corrected chi connectivity index (χ1v) is 12.1. The molecule has 4 heterocycles. The van der Waals surface area contributed by atoms with E-state index in [1.54, 1.807) is 0 Å². The zero-order chi connectivity index (χ0) is 22.8. The quantitative estimate of drug-likeness (QED) is 0.617. The summed E-state index contributed by atoms with van der Waals surface area (Å²) < 4.78 is 6.06. The highest BCUT2D eigenvalue weighted by Crippen LogP contribution is 2.34. The van der Waals surface area contributed by atoms with Crippen molar-refractivity contribution >= 4 is 22.8 Å². The van der Waals surface area contributed by atoms with Crippen molar-refractivity contribution in [3.63, 3.8) is 0 Å². The molecule has 2 atom stereocenters. The number of hydrogen-bond donors (Lipinski definition) is 1. The molecule has 2 aliphatic rings. The van der Waals surface area contributed by atoms with Gasteiger partial charge in [-0.3, -0.25) is 9.69 Å². The number of likely N-dealkylation sites (tertiary alicyclic amines) is 1. The Morgan fingerprint density at radius 2 is 1.97 bits per heavy atom. The summed E-state index contributed by atoms with van der Waals surface area (Å²) in [5.41, 5.74) is 1.86. The van der Waals surface area contributed by atoms with Gasteiger partial charge in [-0.2, -0.15) is 0 Å². The number of fused-ring (bicyclic) bond motifs is 1. The van der Waals surface area contributed by atoms with Crippen LogP contribution in [0.2, 0.25) is 0 Å². The molecule has 3 aromatic rings. The molecular formula is C26H33N5O2. The van der Waals surface area contributed by atoms with Crippen LogP contribution in [0.5, 0.6) is 0 Å². The first-order valence-electron chi connectivity index (χ1n) is 12.1. The Morgan fingerprint density at radius 3 is 2.76 bits per heavy atom. The fraction of sp³-hybridized carbons (Fsp3) is 0.500. The first kappa shape index (κ1) is 21.9. The van der Waals surface area contributed by atoms with E-state index in [0.29, 0.717) is 13.1 Å². The first-order chi connectivity index (χ1) is 16.1. The summed E-state index contributed by atoms with van der Waals surface area (Å²) >= 11 is 0. The molecule has 2 aromatic heterocycles. The number of hydrogen-bond acceptors (Lipinski definition) is 6. The predicted molar refractivity (Wildman–Crippen MR) is 129 cm³/mol. The van der Waals surface area contributed by atoms with Gasteiger partial charge in [-0.25, -0.2) is 9.97 Å². The average molecular weight is 448 g/mol. The monoisotopic (exact) mass is 447 g/mol. The summed E-state index contributed by atoms with van der Waals surface area (Å²) in [4.78, 5) is 27.2. The number of nitrogens with one attached hydrogen (secondary N) is 1. The molecule has 5 rings (SSSR count). The van der Waals surface area contributed by atoms with E-state index in [4.69, 9.17) is 9.40 Å². The Bertz CT molecular complexity index is 1070. The highest BCUT2D eigenvalue weighted by molar-refractivity contribution is 5.80. The van der Waals surface area contributed by atoms with E-state index in [9.17, 15) is 4.79 Å². The van der Waals surface area contributed by atoms with E-state index in [0.717, 1.165) is 48.0 Å². The second kappa shape index (κ2) is 9.51. The number of anilines is 1. The molecule has 0 aliphatic carbocycles. The number of piperidine rings is 1. The number of amides is 1. The topological polar surface area (TPSA) is 74.5 Å². The summed E-state index contributed by atoms with van der Waals surface area (Å²) in [5.74, 6) is 1.70. The van der Waals surface area contributed by atoms with Crippen LogP contribution in [0.3, 0.4) is 0 Å². The maximum absolute atomic E-state index is 13.1. The van der Waals surface area contributed by atoms with E-state index in [2.05, 4.69) is 32.2 Å². The second-order valence-electron chi connectivity index (χ2n) is 9.65. The SMILES string of the molecule is CC(C)NC(=O)[C@@H]1CN(Cc2cc3ccccc3o2)C[C@H]1c1ccnc(N2CCCCC2)n1. The minimum Gasteiger partial charge on any atom is -0.460 e. The van der Waals surface area contributed by atoms with Crippen LogP contribution in [-0.4, -0.2) is 53.0 Å². The molecule has 1 N–H and O–H groups in total. The van der Waals surface area contributed by atoms with Gasteiger partial charge in [0.2, 0.25) is 11.9 Å². The number of rotatable bonds is 6. The molecule has 7 heteroatoms. The smallest absolute Gasteiger partial charge is 0.225 e. The van der Waals surface area contributed by atoms with Gasteiger partial charge in [0.25, 0.3) is 0 Å². The van der Waals surface area contributed by atoms with Crippen molar-refractivity contribution in [3.8, 4) is 0 Å². The highest BCUT2D eigenvalue weighted by Gasteiger charge is 2.40. The number of para-hydroxylation sites is 1. The molecule has 1 amide bonds. The number of furan rings is 1. The highest BCUT2D eigenvalue weighted by atomic mass is 16.3. The zero-order valence-corrected chi connectivity index (χ0v) is 19.5. The van der Waals surface area contributed by atoms with E-state index >= 15 is 0 Å². The summed E-state index contributed by atoms with van der Waals surface area (Å²) in [6.07, 6.45) is 5.49. The summed E-state index contributed by atoms with van der Waals surface area (Å²) in [7, 11) is 0. The fourth-order valence-electron chi connectivity index (χ4n) is 5.12. The van der Waals surface area contributed by atoms with Crippen LogP contribution in [0.25, 0.3) is 11.0 Å². The van der Waals surface area contributed by atoms with Crippen LogP contribution in [0.15, 0.2) is 47.0 Å². The average Bonchev–Trinajstić information content (AvgIpc) is 3.43. The van der Waals surface area contributed by atoms with E-state index < -0.39 is 0 Å². The largest absolute Gasteiger partial charge is 0.460 e. The van der Waals surface area contributed by atoms with Crippen LogP contribution < -0.4 is 10.2 Å². The van der Waals surface area contributed by atoms with Crippen molar-refractivity contribution < 1.29 is 9.21 Å². The molecule has 1 aromatic carbocycles.